The lowest BCUT2D eigenvalue weighted by Gasteiger charge is -2.21. The number of benzene rings is 2. The van der Waals surface area contributed by atoms with Gasteiger partial charge >= 0.3 is 0 Å². The van der Waals surface area contributed by atoms with Crippen LogP contribution in [0, 0.1) is 5.92 Å². The molecule has 4 nitrogen and oxygen atoms in total. The van der Waals surface area contributed by atoms with E-state index in [4.69, 9.17) is 0 Å². The Morgan fingerprint density at radius 2 is 1.88 bits per heavy atom. The third kappa shape index (κ3) is 2.83. The molecule has 4 heteroatoms. The number of nitrogens with zero attached hydrogens (tertiary/aromatic N) is 1. The van der Waals surface area contributed by atoms with Crippen molar-refractivity contribution in [1.29, 1.82) is 0 Å². The van der Waals surface area contributed by atoms with Crippen LogP contribution in [0.3, 0.4) is 0 Å². The Balaban J connectivity index is 1.55. The third-order valence-corrected chi connectivity index (χ3v) is 4.63. The normalized spacial score (nSPS) is 16.4. The number of aryl methyl sites for hydroxylation is 1. The minimum Gasteiger partial charge on any atom is -0.348 e. The molecule has 0 fully saturated rings. The van der Waals surface area contributed by atoms with Crippen LogP contribution in [0.5, 0.6) is 0 Å². The van der Waals surface area contributed by atoms with Gasteiger partial charge in [0, 0.05) is 29.3 Å². The molecule has 24 heavy (non-hydrogen) atoms. The standard InChI is InChI=1S/C20H19N3O/c24-20(15-10-11-18-19(12-15)22-13-21-18)23-17-9-5-4-8-16(17)14-6-2-1-3-7-14/h1-9,13,15H,10-12H2,(H,21,22)(H,23,24). The second-order valence-electron chi connectivity index (χ2n) is 6.17. The lowest BCUT2D eigenvalue weighted by atomic mass is 9.89. The van der Waals surface area contributed by atoms with Crippen molar-refractivity contribution in [3.63, 3.8) is 0 Å². The fraction of sp³-hybridized carbons (Fsp3) is 0.200. The van der Waals surface area contributed by atoms with Gasteiger partial charge in [0.2, 0.25) is 5.91 Å². The number of anilines is 1. The van der Waals surface area contributed by atoms with Crippen LogP contribution < -0.4 is 5.32 Å². The van der Waals surface area contributed by atoms with E-state index < -0.39 is 0 Å². The summed E-state index contributed by atoms with van der Waals surface area (Å²) in [6, 6.07) is 18.1. The summed E-state index contributed by atoms with van der Waals surface area (Å²) in [5, 5.41) is 3.13. The average Bonchev–Trinajstić information content (AvgIpc) is 3.10. The number of carbonyl (C=O) groups is 1. The maximum absolute atomic E-state index is 12.7. The van der Waals surface area contributed by atoms with Gasteiger partial charge in [-0.15, -0.1) is 0 Å². The number of imidazole rings is 1. The Labute approximate surface area is 141 Å². The van der Waals surface area contributed by atoms with Crippen molar-refractivity contribution in [3.05, 3.63) is 72.3 Å². The molecule has 0 saturated carbocycles. The molecule has 1 heterocycles. The number of H-pyrrole nitrogens is 1. The first-order valence-electron chi connectivity index (χ1n) is 8.27. The number of hydrogen-bond donors (Lipinski definition) is 2. The molecular weight excluding hydrogens is 298 g/mol. The highest BCUT2D eigenvalue weighted by atomic mass is 16.1. The molecule has 1 amide bonds. The number of hydrogen-bond acceptors (Lipinski definition) is 2. The summed E-state index contributed by atoms with van der Waals surface area (Å²) in [5.41, 5.74) is 5.21. The molecule has 1 unspecified atom stereocenters. The molecule has 0 aliphatic heterocycles. The van der Waals surface area contributed by atoms with Crippen molar-refractivity contribution in [2.75, 3.05) is 5.32 Å². The van der Waals surface area contributed by atoms with Crippen LogP contribution in [0.15, 0.2) is 60.9 Å². The number of rotatable bonds is 3. The molecule has 0 saturated heterocycles. The summed E-state index contributed by atoms with van der Waals surface area (Å²) in [6.45, 7) is 0. The van der Waals surface area contributed by atoms with Crippen molar-refractivity contribution in [2.45, 2.75) is 19.3 Å². The van der Waals surface area contributed by atoms with Gasteiger partial charge < -0.3 is 10.3 Å². The van der Waals surface area contributed by atoms with Crippen molar-refractivity contribution in [3.8, 4) is 11.1 Å². The molecule has 1 aliphatic carbocycles. The topological polar surface area (TPSA) is 57.8 Å². The molecule has 0 radical (unpaired) electrons. The lowest BCUT2D eigenvalue weighted by Crippen LogP contribution is -2.28. The number of aromatic nitrogens is 2. The second kappa shape index (κ2) is 6.32. The lowest BCUT2D eigenvalue weighted by molar-refractivity contribution is -0.120. The van der Waals surface area contributed by atoms with Crippen LogP contribution >= 0.6 is 0 Å². The van der Waals surface area contributed by atoms with E-state index in [0.29, 0.717) is 0 Å². The molecule has 0 bridgehead atoms. The largest absolute Gasteiger partial charge is 0.348 e. The van der Waals surface area contributed by atoms with Gasteiger partial charge in [-0.2, -0.15) is 0 Å². The SMILES string of the molecule is O=C(Nc1ccccc1-c1ccccc1)C1CCc2nc[nH]c2C1. The van der Waals surface area contributed by atoms with Gasteiger partial charge in [-0.25, -0.2) is 4.98 Å². The maximum Gasteiger partial charge on any atom is 0.227 e. The maximum atomic E-state index is 12.7. The number of aromatic amines is 1. The van der Waals surface area contributed by atoms with E-state index in [-0.39, 0.29) is 11.8 Å². The van der Waals surface area contributed by atoms with Crippen LogP contribution in [-0.4, -0.2) is 15.9 Å². The molecule has 1 aromatic heterocycles. The zero-order valence-corrected chi connectivity index (χ0v) is 13.3. The molecule has 4 rings (SSSR count). The number of nitrogens with one attached hydrogen (secondary N) is 2. The molecular formula is C20H19N3O. The number of carbonyl (C=O) groups excluding carboxylic acids is 1. The Morgan fingerprint density at radius 3 is 2.75 bits per heavy atom. The van der Waals surface area contributed by atoms with E-state index in [2.05, 4.69) is 27.4 Å². The molecule has 0 spiro atoms. The Hall–Kier alpha value is -2.88. The third-order valence-electron chi connectivity index (χ3n) is 4.63. The van der Waals surface area contributed by atoms with Gasteiger partial charge in [-0.3, -0.25) is 4.79 Å². The van der Waals surface area contributed by atoms with Crippen molar-refractivity contribution >= 4 is 11.6 Å². The Kier molecular flexibility index (Phi) is 3.87. The van der Waals surface area contributed by atoms with Gasteiger partial charge in [0.1, 0.15) is 0 Å². The molecule has 1 atom stereocenters. The first kappa shape index (κ1) is 14.7. The fourth-order valence-corrected chi connectivity index (χ4v) is 3.32. The first-order valence-corrected chi connectivity index (χ1v) is 8.27. The number of amides is 1. The van der Waals surface area contributed by atoms with Crippen molar-refractivity contribution in [1.82, 2.24) is 9.97 Å². The summed E-state index contributed by atoms with van der Waals surface area (Å²) in [5.74, 6) is 0.0698. The Bertz CT molecular complexity index is 854. The average molecular weight is 317 g/mol. The summed E-state index contributed by atoms with van der Waals surface area (Å²) in [6.07, 6.45) is 4.15. The highest BCUT2D eigenvalue weighted by Gasteiger charge is 2.26. The zero-order valence-electron chi connectivity index (χ0n) is 13.3. The first-order chi connectivity index (χ1) is 11.8. The van der Waals surface area contributed by atoms with Gasteiger partial charge in [-0.1, -0.05) is 48.5 Å². The van der Waals surface area contributed by atoms with Crippen LogP contribution in [0.2, 0.25) is 0 Å². The Morgan fingerprint density at radius 1 is 1.08 bits per heavy atom. The van der Waals surface area contributed by atoms with E-state index >= 15 is 0 Å². The van der Waals surface area contributed by atoms with Crippen LogP contribution in [-0.2, 0) is 17.6 Å². The predicted molar refractivity (Wildman–Crippen MR) is 94.6 cm³/mol. The van der Waals surface area contributed by atoms with Gasteiger partial charge in [0.15, 0.2) is 0 Å². The number of para-hydroxylation sites is 1. The van der Waals surface area contributed by atoms with Gasteiger partial charge in [-0.05, 0) is 24.5 Å². The highest BCUT2D eigenvalue weighted by molar-refractivity contribution is 5.97. The zero-order chi connectivity index (χ0) is 16.4. The highest BCUT2D eigenvalue weighted by Crippen LogP contribution is 2.29. The van der Waals surface area contributed by atoms with Gasteiger partial charge in [0.25, 0.3) is 0 Å². The van der Waals surface area contributed by atoms with E-state index in [1.807, 2.05) is 42.5 Å². The molecule has 2 aromatic carbocycles. The minimum atomic E-state index is -0.0122. The van der Waals surface area contributed by atoms with E-state index in [1.54, 1.807) is 6.33 Å². The van der Waals surface area contributed by atoms with Crippen LogP contribution in [0.4, 0.5) is 5.69 Å². The summed E-state index contributed by atoms with van der Waals surface area (Å²) < 4.78 is 0. The van der Waals surface area contributed by atoms with E-state index in [0.717, 1.165) is 47.5 Å². The summed E-state index contributed by atoms with van der Waals surface area (Å²) in [4.78, 5) is 20.2. The number of fused-ring (bicyclic) bond motifs is 1. The molecule has 120 valence electrons. The van der Waals surface area contributed by atoms with E-state index in [9.17, 15) is 4.79 Å². The van der Waals surface area contributed by atoms with Crippen molar-refractivity contribution < 1.29 is 4.79 Å². The second-order valence-corrected chi connectivity index (χ2v) is 6.17. The molecule has 3 aromatic rings. The monoisotopic (exact) mass is 317 g/mol. The molecule has 1 aliphatic rings. The van der Waals surface area contributed by atoms with Gasteiger partial charge in [0.05, 0.1) is 12.0 Å². The van der Waals surface area contributed by atoms with Crippen molar-refractivity contribution in [2.24, 2.45) is 5.92 Å². The fourth-order valence-electron chi connectivity index (χ4n) is 3.32. The smallest absolute Gasteiger partial charge is 0.227 e. The summed E-state index contributed by atoms with van der Waals surface area (Å²) in [7, 11) is 0. The summed E-state index contributed by atoms with van der Waals surface area (Å²) >= 11 is 0. The minimum absolute atomic E-state index is 0.0122. The van der Waals surface area contributed by atoms with Crippen LogP contribution in [0.25, 0.3) is 11.1 Å². The molecule has 2 N–H and O–H groups in total. The van der Waals surface area contributed by atoms with E-state index in [1.165, 1.54) is 0 Å². The quantitative estimate of drug-likeness (QED) is 0.771. The van der Waals surface area contributed by atoms with Crippen LogP contribution in [0.1, 0.15) is 17.8 Å². The predicted octanol–water partition coefficient (Wildman–Crippen LogP) is 3.82.